The molecule has 192 valence electrons. The lowest BCUT2D eigenvalue weighted by atomic mass is 9.93. The van der Waals surface area contributed by atoms with Crippen LogP contribution < -0.4 is 15.4 Å². The van der Waals surface area contributed by atoms with Crippen LogP contribution in [-0.2, 0) is 24.4 Å². The number of aromatic nitrogens is 2. The van der Waals surface area contributed by atoms with Gasteiger partial charge in [0, 0.05) is 29.7 Å². The highest BCUT2D eigenvalue weighted by atomic mass is 35.5. The second kappa shape index (κ2) is 9.89. The second-order valence-electron chi connectivity index (χ2n) is 9.52. The molecule has 3 aromatic rings. The number of amides is 3. The predicted molar refractivity (Wildman–Crippen MR) is 137 cm³/mol. The largest absolute Gasteiger partial charge is 0.496 e. The Balaban J connectivity index is 1.37. The van der Waals surface area contributed by atoms with Gasteiger partial charge < -0.3 is 24.8 Å². The van der Waals surface area contributed by atoms with E-state index in [9.17, 15) is 14.4 Å². The van der Waals surface area contributed by atoms with Gasteiger partial charge in [0.1, 0.15) is 17.0 Å². The maximum Gasteiger partial charge on any atom is 0.274 e. The van der Waals surface area contributed by atoms with E-state index in [-0.39, 0.29) is 48.9 Å². The van der Waals surface area contributed by atoms with Crippen molar-refractivity contribution in [3.8, 4) is 5.75 Å². The Labute approximate surface area is 219 Å². The van der Waals surface area contributed by atoms with Crippen molar-refractivity contribution in [1.82, 2.24) is 25.1 Å². The minimum atomic E-state index is -1.14. The van der Waals surface area contributed by atoms with Crippen LogP contribution in [0, 0.1) is 0 Å². The number of para-hydroxylation sites is 1. The van der Waals surface area contributed by atoms with E-state index in [0.29, 0.717) is 10.8 Å². The molecule has 2 aromatic carbocycles. The van der Waals surface area contributed by atoms with Gasteiger partial charge in [0.25, 0.3) is 11.8 Å². The van der Waals surface area contributed by atoms with Crippen LogP contribution in [0.15, 0.2) is 54.9 Å². The smallest absolute Gasteiger partial charge is 0.274 e. The zero-order chi connectivity index (χ0) is 26.2. The molecule has 1 aliphatic carbocycles. The summed E-state index contributed by atoms with van der Waals surface area (Å²) in [6.07, 6.45) is 3.07. The van der Waals surface area contributed by atoms with Gasteiger partial charge in [-0.05, 0) is 37.5 Å². The Bertz CT molecular complexity index is 1370. The highest BCUT2D eigenvalue weighted by molar-refractivity contribution is 6.31. The predicted octanol–water partition coefficient (Wildman–Crippen LogP) is 3.17. The molecule has 0 spiro atoms. The molecule has 2 aliphatic rings. The van der Waals surface area contributed by atoms with Crippen LogP contribution in [0.4, 0.5) is 0 Å². The van der Waals surface area contributed by atoms with E-state index in [0.717, 1.165) is 24.0 Å². The van der Waals surface area contributed by atoms with Gasteiger partial charge in [-0.25, -0.2) is 4.98 Å². The number of fused-ring (bicyclic) bond motifs is 1. The van der Waals surface area contributed by atoms with Crippen molar-refractivity contribution in [3.05, 3.63) is 82.4 Å². The first-order valence-corrected chi connectivity index (χ1v) is 12.5. The quantitative estimate of drug-likeness (QED) is 0.473. The van der Waals surface area contributed by atoms with Gasteiger partial charge >= 0.3 is 0 Å². The molecule has 0 saturated heterocycles. The van der Waals surface area contributed by atoms with Gasteiger partial charge in [-0.2, -0.15) is 0 Å². The number of rotatable bonds is 8. The first kappa shape index (κ1) is 24.8. The van der Waals surface area contributed by atoms with Gasteiger partial charge in [-0.1, -0.05) is 48.0 Å². The number of benzene rings is 2. The standard InChI is InChI=1S/C27H28ClN5O4/c1-27(26(36)30-14-18-8-4-6-10-21(18)37-2)15-32-16-31-22(23(32)25(35)33(27)19-11-12-19)24(34)29-13-17-7-3-5-9-20(17)28/h3-10,16,19H,11-15H2,1-2H3,(H,29,34)(H,30,36)/t27-/m0/s1. The maximum absolute atomic E-state index is 13.8. The van der Waals surface area contributed by atoms with E-state index >= 15 is 0 Å². The van der Waals surface area contributed by atoms with Crippen LogP contribution in [0.5, 0.6) is 5.75 Å². The molecule has 9 nitrogen and oxygen atoms in total. The number of ether oxygens (including phenoxy) is 1. The molecule has 0 unspecified atom stereocenters. The van der Waals surface area contributed by atoms with E-state index in [1.807, 2.05) is 42.5 Å². The molecule has 2 N–H and O–H groups in total. The molecule has 3 amide bonds. The number of carbonyl (C=O) groups excluding carboxylic acids is 3. The second-order valence-corrected chi connectivity index (χ2v) is 9.93. The van der Waals surface area contributed by atoms with Crippen LogP contribution in [0.1, 0.15) is 51.9 Å². The lowest BCUT2D eigenvalue weighted by Gasteiger charge is -2.44. The van der Waals surface area contributed by atoms with Gasteiger partial charge in [-0.3, -0.25) is 14.4 Å². The normalized spacial score (nSPS) is 18.8. The monoisotopic (exact) mass is 521 g/mol. The zero-order valence-corrected chi connectivity index (χ0v) is 21.4. The molecule has 10 heteroatoms. The third-order valence-corrected chi connectivity index (χ3v) is 7.28. The molecule has 5 rings (SSSR count). The van der Waals surface area contributed by atoms with Crippen LogP contribution in [0.2, 0.25) is 5.02 Å². The average molecular weight is 522 g/mol. The third-order valence-electron chi connectivity index (χ3n) is 6.91. The Kier molecular flexibility index (Phi) is 6.64. The molecule has 0 radical (unpaired) electrons. The fraction of sp³-hybridized carbons (Fsp3) is 0.333. The number of hydrogen-bond acceptors (Lipinski definition) is 5. The fourth-order valence-electron chi connectivity index (χ4n) is 4.84. The van der Waals surface area contributed by atoms with Gasteiger partial charge in [0.05, 0.1) is 20.0 Å². The van der Waals surface area contributed by atoms with Crippen LogP contribution >= 0.6 is 11.6 Å². The first-order chi connectivity index (χ1) is 17.8. The summed E-state index contributed by atoms with van der Waals surface area (Å²) >= 11 is 6.20. The van der Waals surface area contributed by atoms with Crippen molar-refractivity contribution >= 4 is 29.3 Å². The molecule has 1 aromatic heterocycles. The summed E-state index contributed by atoms with van der Waals surface area (Å²) in [5, 5.41) is 6.33. The van der Waals surface area contributed by atoms with E-state index in [1.165, 1.54) is 6.33 Å². The van der Waals surface area contributed by atoms with Crippen LogP contribution in [0.3, 0.4) is 0 Å². The van der Waals surface area contributed by atoms with Crippen molar-refractivity contribution in [2.24, 2.45) is 0 Å². The Hall–Kier alpha value is -3.85. The Morgan fingerprint density at radius 2 is 1.76 bits per heavy atom. The Morgan fingerprint density at radius 3 is 2.46 bits per heavy atom. The number of nitrogens with zero attached hydrogens (tertiary/aromatic N) is 3. The molecule has 0 bridgehead atoms. The highest BCUT2D eigenvalue weighted by Crippen LogP contribution is 2.39. The number of halogens is 1. The number of hydrogen-bond donors (Lipinski definition) is 2. The SMILES string of the molecule is COc1ccccc1CNC(=O)[C@]1(C)Cn2cnc(C(=O)NCc3ccccc3Cl)c2C(=O)N1C1CC1. The van der Waals surface area contributed by atoms with Gasteiger partial charge in [-0.15, -0.1) is 0 Å². The summed E-state index contributed by atoms with van der Waals surface area (Å²) in [4.78, 5) is 46.2. The van der Waals surface area contributed by atoms with E-state index in [2.05, 4.69) is 15.6 Å². The van der Waals surface area contributed by atoms with Crippen molar-refractivity contribution in [1.29, 1.82) is 0 Å². The van der Waals surface area contributed by atoms with Gasteiger partial charge in [0.2, 0.25) is 5.91 Å². The van der Waals surface area contributed by atoms with Gasteiger partial charge in [0.15, 0.2) is 5.69 Å². The first-order valence-electron chi connectivity index (χ1n) is 12.1. The molecule has 1 atom stereocenters. The van der Waals surface area contributed by atoms with E-state index in [4.69, 9.17) is 16.3 Å². The highest BCUT2D eigenvalue weighted by Gasteiger charge is 2.53. The minimum Gasteiger partial charge on any atom is -0.496 e. The van der Waals surface area contributed by atoms with Crippen LogP contribution in [0.25, 0.3) is 0 Å². The molecule has 1 aliphatic heterocycles. The maximum atomic E-state index is 13.8. The van der Waals surface area contributed by atoms with E-state index < -0.39 is 11.4 Å². The molecule has 2 heterocycles. The lowest BCUT2D eigenvalue weighted by Crippen LogP contribution is -2.64. The van der Waals surface area contributed by atoms with Crippen LogP contribution in [-0.4, -0.2) is 50.9 Å². The Morgan fingerprint density at radius 1 is 1.08 bits per heavy atom. The summed E-state index contributed by atoms with van der Waals surface area (Å²) in [6.45, 7) is 2.42. The summed E-state index contributed by atoms with van der Waals surface area (Å²) in [7, 11) is 1.58. The number of nitrogens with one attached hydrogen (secondary N) is 2. The summed E-state index contributed by atoms with van der Waals surface area (Å²) in [5.74, 6) is -0.440. The number of methoxy groups -OCH3 is 1. The minimum absolute atomic E-state index is 0.0409. The summed E-state index contributed by atoms with van der Waals surface area (Å²) < 4.78 is 6.99. The van der Waals surface area contributed by atoms with Crippen molar-refractivity contribution in [3.63, 3.8) is 0 Å². The number of carbonyl (C=O) groups is 3. The fourth-order valence-corrected chi connectivity index (χ4v) is 5.04. The lowest BCUT2D eigenvalue weighted by molar-refractivity contribution is -0.133. The topological polar surface area (TPSA) is 106 Å². The van der Waals surface area contributed by atoms with Crippen molar-refractivity contribution < 1.29 is 19.1 Å². The van der Waals surface area contributed by atoms with E-state index in [1.54, 1.807) is 29.6 Å². The molecule has 37 heavy (non-hydrogen) atoms. The molecule has 1 saturated carbocycles. The average Bonchev–Trinajstić information content (AvgIpc) is 3.64. The zero-order valence-electron chi connectivity index (χ0n) is 20.7. The number of imidazole rings is 1. The molecular weight excluding hydrogens is 494 g/mol. The summed E-state index contributed by atoms with van der Waals surface area (Å²) in [6, 6.07) is 14.6. The third kappa shape index (κ3) is 4.67. The molecule has 1 fully saturated rings. The molecular formula is C27H28ClN5O4. The summed E-state index contributed by atoms with van der Waals surface area (Å²) in [5.41, 5.74) is 0.690. The van der Waals surface area contributed by atoms with Crippen molar-refractivity contribution in [2.45, 2.75) is 51.0 Å². The van der Waals surface area contributed by atoms with Crippen molar-refractivity contribution in [2.75, 3.05) is 7.11 Å².